The van der Waals surface area contributed by atoms with E-state index in [4.69, 9.17) is 11.6 Å². The van der Waals surface area contributed by atoms with Gasteiger partial charge in [-0.2, -0.15) is 0 Å². The maximum Gasteiger partial charge on any atom is 0.177 e. The van der Waals surface area contributed by atoms with Gasteiger partial charge in [0.25, 0.3) is 0 Å². The summed E-state index contributed by atoms with van der Waals surface area (Å²) in [6, 6.07) is 6.61. The van der Waals surface area contributed by atoms with Crippen LogP contribution >= 0.6 is 22.9 Å². The van der Waals surface area contributed by atoms with Gasteiger partial charge in [0.1, 0.15) is 5.82 Å². The molecule has 0 saturated carbocycles. The number of halogens is 2. The van der Waals surface area contributed by atoms with Crippen molar-refractivity contribution in [2.24, 2.45) is 0 Å². The van der Waals surface area contributed by atoms with Gasteiger partial charge in [-0.15, -0.1) is 11.3 Å². The second-order valence-electron chi connectivity index (χ2n) is 5.08. The molecular weight excluding hydrogens is 295 g/mol. The number of thiophene rings is 1. The van der Waals surface area contributed by atoms with Gasteiger partial charge in [-0.05, 0) is 48.9 Å². The molecule has 1 aliphatic rings. The normalized spacial score (nSPS) is 14.1. The molecule has 1 aromatic heterocycles. The van der Waals surface area contributed by atoms with Crippen LogP contribution in [-0.2, 0) is 19.3 Å². The minimum atomic E-state index is -0.470. The van der Waals surface area contributed by atoms with Crippen molar-refractivity contribution in [2.75, 3.05) is 0 Å². The number of ketones is 1. The molecule has 104 valence electrons. The summed E-state index contributed by atoms with van der Waals surface area (Å²) in [6.45, 7) is 0. The Morgan fingerprint density at radius 1 is 1.30 bits per heavy atom. The van der Waals surface area contributed by atoms with Crippen LogP contribution in [0, 0.1) is 5.82 Å². The summed E-state index contributed by atoms with van der Waals surface area (Å²) in [4.78, 5) is 14.4. The van der Waals surface area contributed by atoms with Crippen molar-refractivity contribution in [3.8, 4) is 0 Å². The Morgan fingerprint density at radius 3 is 2.90 bits per heavy atom. The first-order valence-electron chi connectivity index (χ1n) is 6.73. The number of aryl methyl sites for hydroxylation is 2. The molecular formula is C16H14ClFOS. The fourth-order valence-electron chi connectivity index (χ4n) is 2.57. The van der Waals surface area contributed by atoms with Crippen LogP contribution in [0.25, 0.3) is 0 Å². The first-order valence-corrected chi connectivity index (χ1v) is 7.92. The molecule has 0 fully saturated rings. The molecule has 20 heavy (non-hydrogen) atoms. The number of carbonyl (C=O) groups excluding carboxylic acids is 1. The van der Waals surface area contributed by atoms with E-state index in [2.05, 4.69) is 0 Å². The molecule has 0 saturated heterocycles. The number of hydrogen-bond donors (Lipinski definition) is 0. The minimum Gasteiger partial charge on any atom is -0.293 e. The predicted molar refractivity (Wildman–Crippen MR) is 80.4 cm³/mol. The van der Waals surface area contributed by atoms with Crippen LogP contribution in [0.4, 0.5) is 4.39 Å². The highest BCUT2D eigenvalue weighted by Crippen LogP contribution is 2.31. The van der Waals surface area contributed by atoms with Crippen LogP contribution in [0.1, 0.15) is 38.5 Å². The third-order valence-electron chi connectivity index (χ3n) is 3.65. The number of rotatable bonds is 3. The van der Waals surface area contributed by atoms with Crippen LogP contribution in [0.3, 0.4) is 0 Å². The van der Waals surface area contributed by atoms with E-state index < -0.39 is 5.82 Å². The average Bonchev–Trinajstić information content (AvgIpc) is 2.88. The monoisotopic (exact) mass is 308 g/mol. The van der Waals surface area contributed by atoms with Crippen LogP contribution in [0.5, 0.6) is 0 Å². The van der Waals surface area contributed by atoms with Gasteiger partial charge in [0.05, 0.1) is 9.90 Å². The minimum absolute atomic E-state index is 0.0249. The third kappa shape index (κ3) is 2.65. The van der Waals surface area contributed by atoms with E-state index in [1.165, 1.54) is 29.3 Å². The van der Waals surface area contributed by atoms with Gasteiger partial charge in [-0.1, -0.05) is 23.7 Å². The number of fused-ring (bicyclic) bond motifs is 1. The van der Waals surface area contributed by atoms with E-state index in [9.17, 15) is 9.18 Å². The van der Waals surface area contributed by atoms with Gasteiger partial charge in [-0.25, -0.2) is 4.39 Å². The number of benzene rings is 1. The molecule has 2 aromatic rings. The first-order chi connectivity index (χ1) is 9.65. The summed E-state index contributed by atoms with van der Waals surface area (Å²) in [5, 5.41) is 0.0576. The highest BCUT2D eigenvalue weighted by molar-refractivity contribution is 7.14. The zero-order valence-corrected chi connectivity index (χ0v) is 12.5. The fraction of sp³-hybridized carbons (Fsp3) is 0.312. The SMILES string of the molecule is O=C(Cc1cccc(F)c1Cl)c1cc2c(s1)CCCC2. The standard InChI is InChI=1S/C16H14ClFOS/c17-16-11(5-3-6-12(16)18)8-13(19)15-9-10-4-1-2-7-14(10)20-15/h3,5-6,9H,1-2,4,7-8H2. The van der Waals surface area contributed by atoms with Crippen molar-refractivity contribution in [2.45, 2.75) is 32.1 Å². The van der Waals surface area contributed by atoms with Gasteiger partial charge in [0, 0.05) is 11.3 Å². The molecule has 0 spiro atoms. The molecule has 0 N–H and O–H groups in total. The Bertz CT molecular complexity index is 639. The molecule has 1 heterocycles. The Balaban J connectivity index is 1.82. The molecule has 1 aromatic carbocycles. The topological polar surface area (TPSA) is 17.1 Å². The molecule has 1 nitrogen and oxygen atoms in total. The second-order valence-corrected chi connectivity index (χ2v) is 6.59. The van der Waals surface area contributed by atoms with Gasteiger partial charge in [-0.3, -0.25) is 4.79 Å². The Labute approximate surface area is 126 Å². The summed E-state index contributed by atoms with van der Waals surface area (Å²) in [7, 11) is 0. The summed E-state index contributed by atoms with van der Waals surface area (Å²) in [6.07, 6.45) is 4.72. The summed E-state index contributed by atoms with van der Waals surface area (Å²) >= 11 is 7.49. The van der Waals surface area contributed by atoms with Gasteiger partial charge < -0.3 is 0 Å². The molecule has 0 amide bonds. The highest BCUT2D eigenvalue weighted by atomic mass is 35.5. The highest BCUT2D eigenvalue weighted by Gasteiger charge is 2.18. The van der Waals surface area contributed by atoms with E-state index in [1.807, 2.05) is 6.07 Å². The molecule has 0 radical (unpaired) electrons. The van der Waals surface area contributed by atoms with Gasteiger partial charge >= 0.3 is 0 Å². The molecule has 3 rings (SSSR count). The van der Waals surface area contributed by atoms with E-state index >= 15 is 0 Å². The summed E-state index contributed by atoms with van der Waals surface area (Å²) < 4.78 is 13.4. The Morgan fingerprint density at radius 2 is 2.10 bits per heavy atom. The van der Waals surface area contributed by atoms with Gasteiger partial charge in [0.15, 0.2) is 5.78 Å². The smallest absolute Gasteiger partial charge is 0.177 e. The maximum atomic E-state index is 13.4. The summed E-state index contributed by atoms with van der Waals surface area (Å²) in [5.74, 6) is -0.445. The zero-order chi connectivity index (χ0) is 14.1. The van der Waals surface area contributed by atoms with Crippen LogP contribution < -0.4 is 0 Å². The van der Waals surface area contributed by atoms with Crippen molar-refractivity contribution in [1.29, 1.82) is 0 Å². The Kier molecular flexibility index (Phi) is 3.90. The molecule has 0 unspecified atom stereocenters. The van der Waals surface area contributed by atoms with Crippen LogP contribution in [0.2, 0.25) is 5.02 Å². The lowest BCUT2D eigenvalue weighted by molar-refractivity contribution is 0.0996. The molecule has 0 aliphatic heterocycles. The number of Topliss-reactive ketones (excluding diaryl/α,β-unsaturated/α-hetero) is 1. The molecule has 4 heteroatoms. The van der Waals surface area contributed by atoms with Crippen molar-refractivity contribution < 1.29 is 9.18 Å². The maximum absolute atomic E-state index is 13.4. The lowest BCUT2D eigenvalue weighted by Gasteiger charge is -2.08. The number of hydrogen-bond acceptors (Lipinski definition) is 2. The van der Waals surface area contributed by atoms with Gasteiger partial charge in [0.2, 0.25) is 0 Å². The largest absolute Gasteiger partial charge is 0.293 e. The quantitative estimate of drug-likeness (QED) is 0.741. The lowest BCUT2D eigenvalue weighted by atomic mass is 9.98. The van der Waals surface area contributed by atoms with E-state index in [1.54, 1.807) is 23.5 Å². The second kappa shape index (κ2) is 5.66. The third-order valence-corrected chi connectivity index (χ3v) is 5.36. The first kappa shape index (κ1) is 13.8. The Hall–Kier alpha value is -1.19. The predicted octanol–water partition coefficient (Wildman–Crippen LogP) is 4.84. The van der Waals surface area contributed by atoms with Crippen molar-refractivity contribution in [1.82, 2.24) is 0 Å². The van der Waals surface area contributed by atoms with Crippen molar-refractivity contribution in [3.05, 3.63) is 56.0 Å². The lowest BCUT2D eigenvalue weighted by Crippen LogP contribution is -2.02. The number of carbonyl (C=O) groups is 1. The van der Waals surface area contributed by atoms with Crippen LogP contribution in [0.15, 0.2) is 24.3 Å². The van der Waals surface area contributed by atoms with Crippen molar-refractivity contribution >= 4 is 28.7 Å². The zero-order valence-electron chi connectivity index (χ0n) is 10.9. The summed E-state index contributed by atoms with van der Waals surface area (Å²) in [5.41, 5.74) is 1.87. The van der Waals surface area contributed by atoms with Crippen LogP contribution in [-0.4, -0.2) is 5.78 Å². The molecule has 1 aliphatic carbocycles. The average molecular weight is 309 g/mol. The fourth-order valence-corrected chi connectivity index (χ4v) is 3.96. The van der Waals surface area contributed by atoms with E-state index in [0.29, 0.717) is 5.56 Å². The molecule has 0 bridgehead atoms. The molecule has 0 atom stereocenters. The van der Waals surface area contributed by atoms with E-state index in [-0.39, 0.29) is 17.2 Å². The van der Waals surface area contributed by atoms with Crippen molar-refractivity contribution in [3.63, 3.8) is 0 Å². The van der Waals surface area contributed by atoms with E-state index in [0.717, 1.165) is 17.7 Å².